The molecule has 1 amide bonds. The number of aromatic nitrogens is 2. The van der Waals surface area contributed by atoms with Crippen LogP contribution in [0.5, 0.6) is 0 Å². The lowest BCUT2D eigenvalue weighted by Gasteiger charge is -2.08. The van der Waals surface area contributed by atoms with Crippen LogP contribution in [-0.2, 0) is 12.8 Å². The minimum Gasteiger partial charge on any atom is -0.352 e. The number of rotatable bonds is 6. The lowest BCUT2D eigenvalue weighted by Crippen LogP contribution is -2.24. The average molecular weight is 271 g/mol. The fraction of sp³-hybridized carbons (Fsp3) is 0.375. The lowest BCUT2D eigenvalue weighted by atomic mass is 10.0. The van der Waals surface area contributed by atoms with Gasteiger partial charge in [-0.05, 0) is 55.0 Å². The van der Waals surface area contributed by atoms with Crippen LogP contribution in [0, 0.1) is 6.92 Å². The van der Waals surface area contributed by atoms with Crippen LogP contribution in [0.3, 0.4) is 0 Å². The number of benzene rings is 1. The molecular weight excluding hydrogens is 250 g/mol. The van der Waals surface area contributed by atoms with Crippen molar-refractivity contribution in [3.63, 3.8) is 0 Å². The molecule has 0 spiro atoms. The molecular formula is C16H21N3O. The third-order valence-corrected chi connectivity index (χ3v) is 3.47. The first kappa shape index (κ1) is 14.3. The second kappa shape index (κ2) is 6.89. The fourth-order valence-electron chi connectivity index (χ4n) is 2.20. The van der Waals surface area contributed by atoms with Gasteiger partial charge in [-0.15, -0.1) is 0 Å². The molecule has 2 aromatic rings. The molecule has 0 aliphatic heterocycles. The van der Waals surface area contributed by atoms with Crippen molar-refractivity contribution in [3.8, 4) is 0 Å². The van der Waals surface area contributed by atoms with Crippen molar-refractivity contribution in [2.24, 2.45) is 0 Å². The Morgan fingerprint density at radius 2 is 2.25 bits per heavy atom. The van der Waals surface area contributed by atoms with Crippen LogP contribution in [-0.4, -0.2) is 22.6 Å². The van der Waals surface area contributed by atoms with Crippen molar-refractivity contribution in [1.82, 2.24) is 15.5 Å². The molecule has 4 heteroatoms. The van der Waals surface area contributed by atoms with Crippen LogP contribution in [0.2, 0.25) is 0 Å². The third-order valence-electron chi connectivity index (χ3n) is 3.47. The zero-order valence-corrected chi connectivity index (χ0v) is 12.1. The molecule has 0 unspecified atom stereocenters. The Kier molecular flexibility index (Phi) is 4.93. The Morgan fingerprint density at radius 3 is 2.95 bits per heavy atom. The largest absolute Gasteiger partial charge is 0.352 e. The summed E-state index contributed by atoms with van der Waals surface area (Å²) >= 11 is 0. The number of carbonyl (C=O) groups excluding carboxylic acids is 1. The van der Waals surface area contributed by atoms with Gasteiger partial charge in [-0.25, -0.2) is 0 Å². The topological polar surface area (TPSA) is 57.8 Å². The van der Waals surface area contributed by atoms with Gasteiger partial charge < -0.3 is 5.32 Å². The standard InChI is InChI=1S/C16H21N3O/c1-3-14-9-15(7-6-12(14)2)16(20)17-8-4-5-13-10-18-19-11-13/h6-7,9-11H,3-5,8H2,1-2H3,(H,17,20)(H,18,19). The first-order valence-corrected chi connectivity index (χ1v) is 7.06. The number of nitrogens with one attached hydrogen (secondary N) is 2. The molecule has 0 saturated heterocycles. The Morgan fingerprint density at radius 1 is 1.40 bits per heavy atom. The van der Waals surface area contributed by atoms with Crippen LogP contribution < -0.4 is 5.32 Å². The molecule has 0 bridgehead atoms. The van der Waals surface area contributed by atoms with Gasteiger partial charge >= 0.3 is 0 Å². The lowest BCUT2D eigenvalue weighted by molar-refractivity contribution is 0.0953. The maximum absolute atomic E-state index is 12.1. The molecule has 106 valence electrons. The second-order valence-corrected chi connectivity index (χ2v) is 4.96. The van der Waals surface area contributed by atoms with Gasteiger partial charge in [-0.3, -0.25) is 9.89 Å². The van der Waals surface area contributed by atoms with E-state index in [0.29, 0.717) is 6.54 Å². The molecule has 0 radical (unpaired) electrons. The highest BCUT2D eigenvalue weighted by molar-refractivity contribution is 5.94. The van der Waals surface area contributed by atoms with E-state index in [2.05, 4.69) is 29.4 Å². The molecule has 0 aliphatic rings. The van der Waals surface area contributed by atoms with E-state index in [4.69, 9.17) is 0 Å². The van der Waals surface area contributed by atoms with Crippen LogP contribution in [0.4, 0.5) is 0 Å². The maximum atomic E-state index is 12.1. The molecule has 1 heterocycles. The number of nitrogens with zero attached hydrogens (tertiary/aromatic N) is 1. The summed E-state index contributed by atoms with van der Waals surface area (Å²) in [6.07, 6.45) is 6.49. The molecule has 2 rings (SSSR count). The van der Waals surface area contributed by atoms with Crippen molar-refractivity contribution in [3.05, 3.63) is 52.8 Å². The second-order valence-electron chi connectivity index (χ2n) is 4.96. The van der Waals surface area contributed by atoms with E-state index >= 15 is 0 Å². The van der Waals surface area contributed by atoms with Crippen molar-refractivity contribution in [1.29, 1.82) is 0 Å². The van der Waals surface area contributed by atoms with Crippen molar-refractivity contribution >= 4 is 5.91 Å². The van der Waals surface area contributed by atoms with Crippen LogP contribution >= 0.6 is 0 Å². The molecule has 0 saturated carbocycles. The summed E-state index contributed by atoms with van der Waals surface area (Å²) in [5.74, 6) is 0.00638. The summed E-state index contributed by atoms with van der Waals surface area (Å²) in [6.45, 7) is 4.86. The van der Waals surface area contributed by atoms with Crippen LogP contribution in [0.15, 0.2) is 30.6 Å². The fourth-order valence-corrected chi connectivity index (χ4v) is 2.20. The Bertz CT molecular complexity index is 561. The maximum Gasteiger partial charge on any atom is 0.251 e. The van der Waals surface area contributed by atoms with Gasteiger partial charge in [0, 0.05) is 18.3 Å². The molecule has 0 atom stereocenters. The summed E-state index contributed by atoms with van der Waals surface area (Å²) < 4.78 is 0. The van der Waals surface area contributed by atoms with Gasteiger partial charge in [0.05, 0.1) is 6.20 Å². The van der Waals surface area contributed by atoms with E-state index in [1.807, 2.05) is 30.6 Å². The molecule has 1 aromatic carbocycles. The molecule has 20 heavy (non-hydrogen) atoms. The minimum atomic E-state index is 0.00638. The molecule has 1 aromatic heterocycles. The van der Waals surface area contributed by atoms with Crippen molar-refractivity contribution in [2.75, 3.05) is 6.54 Å². The summed E-state index contributed by atoms with van der Waals surface area (Å²) in [5, 5.41) is 9.65. The van der Waals surface area contributed by atoms with Gasteiger partial charge in [0.15, 0.2) is 0 Å². The van der Waals surface area contributed by atoms with E-state index in [-0.39, 0.29) is 5.91 Å². The summed E-state index contributed by atoms with van der Waals surface area (Å²) in [4.78, 5) is 12.1. The zero-order chi connectivity index (χ0) is 14.4. The number of aromatic amines is 1. The average Bonchev–Trinajstić information content (AvgIpc) is 2.97. The number of hydrogen-bond donors (Lipinski definition) is 2. The molecule has 0 aliphatic carbocycles. The number of hydrogen-bond acceptors (Lipinski definition) is 2. The Hall–Kier alpha value is -2.10. The van der Waals surface area contributed by atoms with Gasteiger partial charge in [0.1, 0.15) is 0 Å². The van der Waals surface area contributed by atoms with Crippen molar-refractivity contribution < 1.29 is 4.79 Å². The summed E-state index contributed by atoms with van der Waals surface area (Å²) in [7, 11) is 0. The van der Waals surface area contributed by atoms with E-state index in [1.165, 1.54) is 16.7 Å². The highest BCUT2D eigenvalue weighted by Gasteiger charge is 2.06. The summed E-state index contributed by atoms with van der Waals surface area (Å²) in [5.41, 5.74) is 4.39. The van der Waals surface area contributed by atoms with E-state index < -0.39 is 0 Å². The first-order valence-electron chi connectivity index (χ1n) is 7.06. The van der Waals surface area contributed by atoms with Crippen molar-refractivity contribution in [2.45, 2.75) is 33.1 Å². The highest BCUT2D eigenvalue weighted by Crippen LogP contribution is 2.11. The predicted octanol–water partition coefficient (Wildman–Crippen LogP) is 2.64. The highest BCUT2D eigenvalue weighted by atomic mass is 16.1. The SMILES string of the molecule is CCc1cc(C(=O)NCCCc2cn[nH]c2)ccc1C. The zero-order valence-electron chi connectivity index (χ0n) is 12.1. The quantitative estimate of drug-likeness (QED) is 0.794. The van der Waals surface area contributed by atoms with Gasteiger partial charge in [0.2, 0.25) is 0 Å². The smallest absolute Gasteiger partial charge is 0.251 e. The van der Waals surface area contributed by atoms with E-state index in [0.717, 1.165) is 24.8 Å². The predicted molar refractivity (Wildman–Crippen MR) is 79.8 cm³/mol. The number of carbonyl (C=O) groups is 1. The van der Waals surface area contributed by atoms with E-state index in [1.54, 1.807) is 0 Å². The van der Waals surface area contributed by atoms with Crippen LogP contribution in [0.1, 0.15) is 40.4 Å². The number of H-pyrrole nitrogens is 1. The Labute approximate surface area is 119 Å². The van der Waals surface area contributed by atoms with Crippen LogP contribution in [0.25, 0.3) is 0 Å². The van der Waals surface area contributed by atoms with E-state index in [9.17, 15) is 4.79 Å². The van der Waals surface area contributed by atoms with Gasteiger partial charge in [-0.1, -0.05) is 13.0 Å². The normalized spacial score (nSPS) is 10.5. The third kappa shape index (κ3) is 3.70. The first-order chi connectivity index (χ1) is 9.70. The monoisotopic (exact) mass is 271 g/mol. The summed E-state index contributed by atoms with van der Waals surface area (Å²) in [6, 6.07) is 5.89. The molecule has 4 nitrogen and oxygen atoms in total. The minimum absolute atomic E-state index is 0.00638. The van der Waals surface area contributed by atoms with Gasteiger partial charge in [-0.2, -0.15) is 5.10 Å². The molecule has 2 N–H and O–H groups in total. The van der Waals surface area contributed by atoms with Gasteiger partial charge in [0.25, 0.3) is 5.91 Å². The molecule has 0 fully saturated rings. The number of aryl methyl sites for hydroxylation is 3. The Balaban J connectivity index is 1.82. The number of amides is 1.